The lowest BCUT2D eigenvalue weighted by Crippen LogP contribution is -2.32. The van der Waals surface area contributed by atoms with Gasteiger partial charge in [0.25, 0.3) is 5.91 Å². The van der Waals surface area contributed by atoms with Crippen LogP contribution in [0.2, 0.25) is 0 Å². The Hall–Kier alpha value is -2.43. The van der Waals surface area contributed by atoms with Crippen LogP contribution in [0.15, 0.2) is 36.7 Å². The highest BCUT2D eigenvalue weighted by molar-refractivity contribution is 6.05. The number of fused-ring (bicyclic) bond motifs is 1. The second-order valence-corrected chi connectivity index (χ2v) is 5.08. The van der Waals surface area contributed by atoms with Crippen molar-refractivity contribution in [3.8, 4) is 0 Å². The van der Waals surface area contributed by atoms with Gasteiger partial charge in [-0.05, 0) is 30.9 Å². The Balaban J connectivity index is 1.97. The van der Waals surface area contributed by atoms with E-state index in [-0.39, 0.29) is 5.91 Å². The third kappa shape index (κ3) is 2.72. The van der Waals surface area contributed by atoms with E-state index in [0.717, 1.165) is 31.5 Å². The SMILES string of the molecule is CNc1cncc(C(=O)N2CCCCc3ccccc32)n1. The Morgan fingerprint density at radius 3 is 2.95 bits per heavy atom. The molecule has 1 amide bonds. The van der Waals surface area contributed by atoms with Crippen LogP contribution in [0, 0.1) is 0 Å². The summed E-state index contributed by atoms with van der Waals surface area (Å²) in [5.74, 6) is 0.512. The summed E-state index contributed by atoms with van der Waals surface area (Å²) in [4.78, 5) is 23.0. The number of anilines is 2. The lowest BCUT2D eigenvalue weighted by atomic mass is 10.1. The molecule has 1 N–H and O–H groups in total. The molecule has 2 heterocycles. The van der Waals surface area contributed by atoms with Gasteiger partial charge in [-0.1, -0.05) is 18.2 Å². The van der Waals surface area contributed by atoms with Gasteiger partial charge in [0, 0.05) is 19.3 Å². The van der Waals surface area contributed by atoms with Crippen molar-refractivity contribution in [2.75, 3.05) is 23.8 Å². The molecule has 5 nitrogen and oxygen atoms in total. The van der Waals surface area contributed by atoms with Crippen LogP contribution in [0.1, 0.15) is 28.9 Å². The van der Waals surface area contributed by atoms with E-state index in [0.29, 0.717) is 11.5 Å². The largest absolute Gasteiger partial charge is 0.372 e. The molecule has 0 atom stereocenters. The van der Waals surface area contributed by atoms with Gasteiger partial charge < -0.3 is 10.2 Å². The normalized spacial score (nSPS) is 14.2. The maximum atomic E-state index is 12.8. The average Bonchev–Trinajstić information content (AvgIpc) is 2.76. The number of carbonyl (C=O) groups is 1. The maximum absolute atomic E-state index is 12.8. The van der Waals surface area contributed by atoms with Gasteiger partial charge in [0.2, 0.25) is 0 Å². The third-order valence-electron chi connectivity index (χ3n) is 3.72. The molecule has 0 fully saturated rings. The van der Waals surface area contributed by atoms with Crippen molar-refractivity contribution >= 4 is 17.4 Å². The van der Waals surface area contributed by atoms with Crippen molar-refractivity contribution in [3.05, 3.63) is 47.9 Å². The summed E-state index contributed by atoms with van der Waals surface area (Å²) in [6.45, 7) is 0.724. The van der Waals surface area contributed by atoms with E-state index >= 15 is 0 Å². The molecule has 1 aromatic heterocycles. The molecule has 0 saturated heterocycles. The van der Waals surface area contributed by atoms with E-state index in [9.17, 15) is 4.79 Å². The smallest absolute Gasteiger partial charge is 0.278 e. The van der Waals surface area contributed by atoms with Gasteiger partial charge in [-0.3, -0.25) is 9.78 Å². The topological polar surface area (TPSA) is 58.1 Å². The van der Waals surface area contributed by atoms with Gasteiger partial charge in [-0.15, -0.1) is 0 Å². The van der Waals surface area contributed by atoms with Crippen molar-refractivity contribution < 1.29 is 4.79 Å². The molecule has 1 aromatic carbocycles. The molecule has 1 aliphatic heterocycles. The van der Waals surface area contributed by atoms with E-state index in [1.807, 2.05) is 23.1 Å². The summed E-state index contributed by atoms with van der Waals surface area (Å²) >= 11 is 0. The van der Waals surface area contributed by atoms with E-state index < -0.39 is 0 Å². The van der Waals surface area contributed by atoms with Crippen molar-refractivity contribution in [1.29, 1.82) is 0 Å². The molecule has 2 aromatic rings. The maximum Gasteiger partial charge on any atom is 0.278 e. The van der Waals surface area contributed by atoms with Crippen LogP contribution in [0.25, 0.3) is 0 Å². The summed E-state index contributed by atoms with van der Waals surface area (Å²) in [5, 5.41) is 2.91. The highest BCUT2D eigenvalue weighted by atomic mass is 16.2. The highest BCUT2D eigenvalue weighted by Crippen LogP contribution is 2.27. The van der Waals surface area contributed by atoms with Gasteiger partial charge in [0.15, 0.2) is 0 Å². The lowest BCUT2D eigenvalue weighted by molar-refractivity contribution is 0.0982. The second-order valence-electron chi connectivity index (χ2n) is 5.08. The third-order valence-corrected chi connectivity index (χ3v) is 3.72. The van der Waals surface area contributed by atoms with Crippen molar-refractivity contribution in [3.63, 3.8) is 0 Å². The van der Waals surface area contributed by atoms with E-state index in [1.165, 1.54) is 11.8 Å². The standard InChI is InChI=1S/C16H18N4O/c1-17-15-11-18-10-13(19-15)16(21)20-9-5-4-7-12-6-2-3-8-14(12)20/h2-3,6,8,10-11H,4-5,7,9H2,1H3,(H,17,19). The number of para-hydroxylation sites is 1. The van der Waals surface area contributed by atoms with Crippen LogP contribution < -0.4 is 10.2 Å². The number of hydrogen-bond acceptors (Lipinski definition) is 4. The first-order chi connectivity index (χ1) is 10.3. The zero-order valence-electron chi connectivity index (χ0n) is 12.0. The molecule has 0 saturated carbocycles. The van der Waals surface area contributed by atoms with Crippen LogP contribution >= 0.6 is 0 Å². The van der Waals surface area contributed by atoms with Crippen molar-refractivity contribution in [1.82, 2.24) is 9.97 Å². The molecule has 0 spiro atoms. The van der Waals surface area contributed by atoms with E-state index in [2.05, 4.69) is 21.4 Å². The molecule has 21 heavy (non-hydrogen) atoms. The molecule has 5 heteroatoms. The second kappa shape index (κ2) is 5.91. The molecule has 0 aliphatic carbocycles. The van der Waals surface area contributed by atoms with Gasteiger partial charge in [-0.25, -0.2) is 4.98 Å². The van der Waals surface area contributed by atoms with E-state index in [4.69, 9.17) is 0 Å². The summed E-state index contributed by atoms with van der Waals surface area (Å²) in [7, 11) is 1.76. The van der Waals surface area contributed by atoms with E-state index in [1.54, 1.807) is 13.2 Å². The van der Waals surface area contributed by atoms with Crippen LogP contribution in [0.5, 0.6) is 0 Å². The molecule has 0 unspecified atom stereocenters. The minimum Gasteiger partial charge on any atom is -0.372 e. The van der Waals surface area contributed by atoms with Crippen LogP contribution in [-0.2, 0) is 6.42 Å². The number of aromatic nitrogens is 2. The van der Waals surface area contributed by atoms with Crippen LogP contribution in [-0.4, -0.2) is 29.5 Å². The zero-order valence-corrected chi connectivity index (χ0v) is 12.0. The van der Waals surface area contributed by atoms with Gasteiger partial charge in [-0.2, -0.15) is 0 Å². The minimum absolute atomic E-state index is 0.0889. The fourth-order valence-corrected chi connectivity index (χ4v) is 2.63. The summed E-state index contributed by atoms with van der Waals surface area (Å²) in [6, 6.07) is 8.10. The minimum atomic E-state index is -0.0889. The Kier molecular flexibility index (Phi) is 3.81. The average molecular weight is 282 g/mol. The number of rotatable bonds is 2. The zero-order chi connectivity index (χ0) is 14.7. The molecular formula is C16H18N4O. The number of nitrogens with zero attached hydrogens (tertiary/aromatic N) is 3. The summed E-state index contributed by atoms with van der Waals surface area (Å²) in [6.07, 6.45) is 6.24. The van der Waals surface area contributed by atoms with Crippen molar-refractivity contribution in [2.24, 2.45) is 0 Å². The monoisotopic (exact) mass is 282 g/mol. The Morgan fingerprint density at radius 1 is 1.24 bits per heavy atom. The number of amides is 1. The molecule has 1 aliphatic rings. The first-order valence-corrected chi connectivity index (χ1v) is 7.19. The summed E-state index contributed by atoms with van der Waals surface area (Å²) < 4.78 is 0. The molecule has 3 rings (SSSR count). The Labute approximate surface area is 124 Å². The van der Waals surface area contributed by atoms with Crippen molar-refractivity contribution in [2.45, 2.75) is 19.3 Å². The molecular weight excluding hydrogens is 264 g/mol. The number of benzene rings is 1. The number of aryl methyl sites for hydroxylation is 1. The van der Waals surface area contributed by atoms with Crippen LogP contribution in [0.3, 0.4) is 0 Å². The van der Waals surface area contributed by atoms with Gasteiger partial charge in [0.1, 0.15) is 11.5 Å². The highest BCUT2D eigenvalue weighted by Gasteiger charge is 2.23. The van der Waals surface area contributed by atoms with Crippen LogP contribution in [0.4, 0.5) is 11.5 Å². The Morgan fingerprint density at radius 2 is 2.10 bits per heavy atom. The summed E-state index contributed by atoms with van der Waals surface area (Å²) in [5.41, 5.74) is 2.59. The predicted octanol–water partition coefficient (Wildman–Crippen LogP) is 2.50. The molecule has 108 valence electrons. The fourth-order valence-electron chi connectivity index (χ4n) is 2.63. The number of carbonyl (C=O) groups excluding carboxylic acids is 1. The quantitative estimate of drug-likeness (QED) is 0.919. The number of nitrogens with one attached hydrogen (secondary N) is 1. The Bertz CT molecular complexity index is 656. The van der Waals surface area contributed by atoms with Gasteiger partial charge >= 0.3 is 0 Å². The van der Waals surface area contributed by atoms with Gasteiger partial charge in [0.05, 0.1) is 12.4 Å². The lowest BCUT2D eigenvalue weighted by Gasteiger charge is -2.22. The first-order valence-electron chi connectivity index (χ1n) is 7.19. The fraction of sp³-hybridized carbons (Fsp3) is 0.312. The number of hydrogen-bond donors (Lipinski definition) is 1. The molecule has 0 bridgehead atoms. The first kappa shape index (κ1) is 13.5. The predicted molar refractivity (Wildman–Crippen MR) is 82.6 cm³/mol. The molecule has 0 radical (unpaired) electrons.